The van der Waals surface area contributed by atoms with Gasteiger partial charge in [0.15, 0.2) is 6.10 Å². The van der Waals surface area contributed by atoms with Crippen LogP contribution in [0.3, 0.4) is 0 Å². The number of allylic oxidation sites excluding steroid dienone is 14. The van der Waals surface area contributed by atoms with E-state index < -0.39 is 6.10 Å². The molecule has 0 aliphatic carbocycles. The van der Waals surface area contributed by atoms with Crippen molar-refractivity contribution in [1.29, 1.82) is 0 Å². The first kappa shape index (κ1) is 78.6. The predicted octanol–water partition coefficient (Wildman–Crippen LogP) is 24.6. The highest BCUT2D eigenvalue weighted by Gasteiger charge is 2.19. The molecule has 474 valence electrons. The third-order valence-corrected chi connectivity index (χ3v) is 15.6. The van der Waals surface area contributed by atoms with Gasteiger partial charge in [-0.15, -0.1) is 0 Å². The number of rotatable bonds is 65. The lowest BCUT2D eigenvalue weighted by Crippen LogP contribution is -2.30. The Hall–Kier alpha value is -3.41. The fourth-order valence-corrected chi connectivity index (χ4v) is 10.3. The van der Waals surface area contributed by atoms with Crippen molar-refractivity contribution in [3.05, 3.63) is 85.1 Å². The summed E-state index contributed by atoms with van der Waals surface area (Å²) in [5.74, 6) is -0.875. The normalized spacial score (nSPS) is 12.6. The van der Waals surface area contributed by atoms with Crippen molar-refractivity contribution in [2.75, 3.05) is 13.2 Å². The minimum absolute atomic E-state index is 0.0791. The Bertz CT molecular complexity index is 1550. The zero-order valence-electron chi connectivity index (χ0n) is 54.5. The number of hydrogen-bond acceptors (Lipinski definition) is 6. The van der Waals surface area contributed by atoms with Gasteiger partial charge in [-0.2, -0.15) is 0 Å². The number of unbranched alkanes of at least 4 members (excludes halogenated alkanes) is 40. The van der Waals surface area contributed by atoms with Gasteiger partial charge in [-0.05, 0) is 89.9 Å². The monoisotopic (exact) mass is 1140 g/mol. The molecule has 0 saturated heterocycles. The number of carbonyl (C=O) groups excluding carboxylic acids is 3. The van der Waals surface area contributed by atoms with Crippen LogP contribution in [0.25, 0.3) is 0 Å². The van der Waals surface area contributed by atoms with Crippen molar-refractivity contribution in [3.8, 4) is 0 Å². The fraction of sp³-hybridized carbons (Fsp3) is 0.776. The smallest absolute Gasteiger partial charge is 0.306 e. The van der Waals surface area contributed by atoms with Crippen molar-refractivity contribution in [2.45, 2.75) is 367 Å². The molecule has 0 amide bonds. The molecule has 0 fully saturated rings. The molecule has 0 bridgehead atoms. The third-order valence-electron chi connectivity index (χ3n) is 15.6. The molecule has 0 aromatic carbocycles. The zero-order valence-corrected chi connectivity index (χ0v) is 54.5. The van der Waals surface area contributed by atoms with E-state index >= 15 is 0 Å². The lowest BCUT2D eigenvalue weighted by atomic mass is 10.0. The summed E-state index contributed by atoms with van der Waals surface area (Å²) in [7, 11) is 0. The highest BCUT2D eigenvalue weighted by molar-refractivity contribution is 5.71. The summed E-state index contributed by atoms with van der Waals surface area (Å²) in [5, 5.41) is 0. The number of carbonyl (C=O) groups is 3. The van der Waals surface area contributed by atoms with Crippen molar-refractivity contribution >= 4 is 17.9 Å². The topological polar surface area (TPSA) is 78.9 Å². The minimum atomic E-state index is -0.784. The van der Waals surface area contributed by atoms with Crippen molar-refractivity contribution in [3.63, 3.8) is 0 Å². The zero-order chi connectivity index (χ0) is 59.2. The Kier molecular flexibility index (Phi) is 67.2. The average molecular weight is 1140 g/mol. The Labute approximate surface area is 509 Å². The van der Waals surface area contributed by atoms with E-state index in [-0.39, 0.29) is 31.1 Å². The average Bonchev–Trinajstić information content (AvgIpc) is 3.48. The van der Waals surface area contributed by atoms with Gasteiger partial charge in [-0.3, -0.25) is 14.4 Å². The molecule has 0 spiro atoms. The van der Waals surface area contributed by atoms with Crippen LogP contribution < -0.4 is 0 Å². The van der Waals surface area contributed by atoms with Crippen LogP contribution in [0.15, 0.2) is 85.1 Å². The van der Waals surface area contributed by atoms with Gasteiger partial charge in [0.1, 0.15) is 13.2 Å². The summed E-state index contributed by atoms with van der Waals surface area (Å²) in [6.45, 7) is 6.53. The van der Waals surface area contributed by atoms with E-state index in [1.165, 1.54) is 212 Å². The molecule has 0 aromatic rings. The Morgan fingerprint density at radius 1 is 0.256 bits per heavy atom. The Balaban J connectivity index is 4.29. The van der Waals surface area contributed by atoms with Crippen LogP contribution in [-0.2, 0) is 28.6 Å². The van der Waals surface area contributed by atoms with E-state index in [1.54, 1.807) is 0 Å². The summed E-state index contributed by atoms with van der Waals surface area (Å²) in [6, 6.07) is 0. The van der Waals surface area contributed by atoms with E-state index in [4.69, 9.17) is 14.2 Å². The molecule has 0 saturated carbocycles. The van der Waals surface area contributed by atoms with E-state index in [2.05, 4.69) is 106 Å². The molecule has 82 heavy (non-hydrogen) atoms. The second kappa shape index (κ2) is 70.1. The second-order valence-electron chi connectivity index (χ2n) is 23.8. The molecule has 6 heteroatoms. The van der Waals surface area contributed by atoms with E-state index in [9.17, 15) is 14.4 Å². The molecule has 0 radical (unpaired) electrons. The summed E-state index contributed by atoms with van der Waals surface area (Å²) in [5.41, 5.74) is 0. The van der Waals surface area contributed by atoms with Gasteiger partial charge in [0.05, 0.1) is 0 Å². The van der Waals surface area contributed by atoms with Crippen molar-refractivity contribution < 1.29 is 28.6 Å². The molecule has 0 aliphatic rings. The second-order valence-corrected chi connectivity index (χ2v) is 23.8. The van der Waals surface area contributed by atoms with Gasteiger partial charge in [-0.1, -0.05) is 337 Å². The number of hydrogen-bond donors (Lipinski definition) is 0. The number of ether oxygens (including phenoxy) is 3. The maximum absolute atomic E-state index is 13.0. The largest absolute Gasteiger partial charge is 0.462 e. The Morgan fingerprint density at radius 3 is 0.780 bits per heavy atom. The van der Waals surface area contributed by atoms with Crippen LogP contribution in [0.1, 0.15) is 361 Å². The van der Waals surface area contributed by atoms with Crippen molar-refractivity contribution in [1.82, 2.24) is 0 Å². The first-order valence-corrected chi connectivity index (χ1v) is 35.6. The third kappa shape index (κ3) is 67.4. The van der Waals surface area contributed by atoms with Gasteiger partial charge in [0.2, 0.25) is 0 Å². The van der Waals surface area contributed by atoms with Gasteiger partial charge >= 0.3 is 17.9 Å². The van der Waals surface area contributed by atoms with Crippen LogP contribution in [-0.4, -0.2) is 37.2 Å². The highest BCUT2D eigenvalue weighted by Crippen LogP contribution is 2.18. The van der Waals surface area contributed by atoms with Crippen LogP contribution in [0.4, 0.5) is 0 Å². The number of esters is 3. The van der Waals surface area contributed by atoms with Gasteiger partial charge in [0.25, 0.3) is 0 Å². The van der Waals surface area contributed by atoms with Gasteiger partial charge < -0.3 is 14.2 Å². The summed E-state index contributed by atoms with van der Waals surface area (Å²) >= 11 is 0. The molecule has 1 unspecified atom stereocenters. The lowest BCUT2D eigenvalue weighted by Gasteiger charge is -2.18. The van der Waals surface area contributed by atoms with Crippen LogP contribution in [0, 0.1) is 0 Å². The molecule has 0 aromatic heterocycles. The fourth-order valence-electron chi connectivity index (χ4n) is 10.3. The highest BCUT2D eigenvalue weighted by atomic mass is 16.6. The maximum Gasteiger partial charge on any atom is 0.306 e. The molecule has 0 heterocycles. The first-order valence-electron chi connectivity index (χ1n) is 35.6. The van der Waals surface area contributed by atoms with Gasteiger partial charge in [-0.25, -0.2) is 0 Å². The predicted molar refractivity (Wildman–Crippen MR) is 358 cm³/mol. The van der Waals surface area contributed by atoms with Crippen molar-refractivity contribution in [2.24, 2.45) is 0 Å². The van der Waals surface area contributed by atoms with E-state index in [1.807, 2.05) is 0 Å². The lowest BCUT2D eigenvalue weighted by molar-refractivity contribution is -0.167. The molecule has 0 rings (SSSR count). The van der Waals surface area contributed by atoms with E-state index in [0.717, 1.165) is 109 Å². The van der Waals surface area contributed by atoms with Crippen LogP contribution >= 0.6 is 0 Å². The molecular formula is C76H134O6. The van der Waals surface area contributed by atoms with Crippen LogP contribution in [0.2, 0.25) is 0 Å². The standard InChI is InChI=1S/C76H134O6/c1-4-7-10-13-16-19-22-25-28-30-32-34-36-37-38-39-41-42-44-46-48-51-54-57-60-63-66-69-75(78)81-72-73(71-80-74(77)68-65-62-59-56-53-50-27-24-21-18-15-12-9-6-3)82-76(79)70-67-64-61-58-55-52-49-47-45-43-40-35-33-31-29-26-23-20-17-14-11-8-5-2/h7,10,15-16,18-19,24-25,27-28,32,34,37-38,73H,4-6,8-9,11-14,17,20-23,26,29-31,33,35-36,39-72H2,1-3H3/b10-7-,18-15-,19-16-,27-24-,28-25-,34-32-,38-37-. The Morgan fingerprint density at radius 2 is 0.488 bits per heavy atom. The molecule has 1 atom stereocenters. The quantitative estimate of drug-likeness (QED) is 0.0261. The summed E-state index contributed by atoms with van der Waals surface area (Å²) in [6.07, 6.45) is 93.2. The first-order chi connectivity index (χ1) is 40.5. The maximum atomic E-state index is 13.0. The van der Waals surface area contributed by atoms with Gasteiger partial charge in [0, 0.05) is 19.3 Å². The van der Waals surface area contributed by atoms with Crippen LogP contribution in [0.5, 0.6) is 0 Å². The summed E-state index contributed by atoms with van der Waals surface area (Å²) < 4.78 is 17.0. The summed E-state index contributed by atoms with van der Waals surface area (Å²) in [4.78, 5) is 38.5. The molecule has 0 aliphatic heterocycles. The minimum Gasteiger partial charge on any atom is -0.462 e. The van der Waals surface area contributed by atoms with E-state index in [0.29, 0.717) is 19.3 Å². The molecule has 6 nitrogen and oxygen atoms in total. The SMILES string of the molecule is CC/C=C\C/C=C\C/C=C\C/C=C\C/C=C\CCCCCCCCCCCCCC(=O)OCC(COC(=O)CCCCCCC/C=C\C/C=C\CCCC)OC(=O)CCCCCCCCCCCCCCCCCCCCCCCCC. The molecular weight excluding hydrogens is 1010 g/mol. The molecule has 0 N–H and O–H groups in total.